The summed E-state index contributed by atoms with van der Waals surface area (Å²) < 4.78 is 6.86. The smallest absolute Gasteiger partial charge is 0.0860 e. The van der Waals surface area contributed by atoms with E-state index in [0.717, 1.165) is 17.9 Å². The van der Waals surface area contributed by atoms with E-state index in [-0.39, 0.29) is 0 Å². The third-order valence-corrected chi connectivity index (χ3v) is 3.59. The summed E-state index contributed by atoms with van der Waals surface area (Å²) in [7, 11) is 1.63. The Balaban J connectivity index is 2.53. The fraction of sp³-hybridized carbons (Fsp3) is 0.769. The Bertz CT molecular complexity index is 405. The molecule has 0 fully saturated rings. The molecule has 1 aromatic heterocycles. The zero-order valence-corrected chi connectivity index (χ0v) is 12.9. The second-order valence-corrected chi connectivity index (χ2v) is 5.38. The van der Waals surface area contributed by atoms with Crippen LogP contribution in [-0.4, -0.2) is 40.7 Å². The van der Waals surface area contributed by atoms with Gasteiger partial charge < -0.3 is 15.2 Å². The molecule has 1 rings (SSSR count). The Labute approximate surface area is 119 Å². The maximum atomic E-state index is 10.1. The quantitative estimate of drug-likeness (QED) is 0.765. The highest BCUT2D eigenvalue weighted by atomic mass is 35.5. The number of halogens is 1. The number of rotatable bonds is 8. The standard InChI is InChI=1S/C13H24ClN3O2/c1-5-17-11(12(14)10(2)16-17)8-15-9-13(3,18)6-7-19-4/h15,18H,5-9H2,1-4H3. The zero-order valence-electron chi connectivity index (χ0n) is 12.2. The summed E-state index contributed by atoms with van der Waals surface area (Å²) in [6.45, 7) is 8.13. The summed E-state index contributed by atoms with van der Waals surface area (Å²) in [6.07, 6.45) is 0.594. The van der Waals surface area contributed by atoms with Gasteiger partial charge in [-0.1, -0.05) is 11.6 Å². The van der Waals surface area contributed by atoms with Crippen molar-refractivity contribution in [1.82, 2.24) is 15.1 Å². The van der Waals surface area contributed by atoms with Crippen molar-refractivity contribution < 1.29 is 9.84 Å². The summed E-state index contributed by atoms with van der Waals surface area (Å²) in [6, 6.07) is 0. The average molecular weight is 290 g/mol. The fourth-order valence-corrected chi connectivity index (χ4v) is 2.10. The van der Waals surface area contributed by atoms with Crippen molar-refractivity contribution in [2.24, 2.45) is 0 Å². The highest BCUT2D eigenvalue weighted by Gasteiger charge is 2.20. The number of hydrogen-bond acceptors (Lipinski definition) is 4. The summed E-state index contributed by atoms with van der Waals surface area (Å²) in [5.41, 5.74) is 1.02. The summed E-state index contributed by atoms with van der Waals surface area (Å²) in [5.74, 6) is 0. The van der Waals surface area contributed by atoms with Crippen molar-refractivity contribution in [2.75, 3.05) is 20.3 Å². The average Bonchev–Trinajstić information content (AvgIpc) is 2.64. The van der Waals surface area contributed by atoms with Crippen LogP contribution in [0.5, 0.6) is 0 Å². The van der Waals surface area contributed by atoms with Crippen LogP contribution in [0.4, 0.5) is 0 Å². The number of nitrogens with zero attached hydrogens (tertiary/aromatic N) is 2. The van der Waals surface area contributed by atoms with E-state index in [0.29, 0.717) is 31.1 Å². The van der Waals surface area contributed by atoms with Crippen molar-refractivity contribution in [2.45, 2.75) is 45.9 Å². The molecular formula is C13H24ClN3O2. The highest BCUT2D eigenvalue weighted by Crippen LogP contribution is 2.20. The molecule has 2 N–H and O–H groups in total. The summed E-state index contributed by atoms with van der Waals surface area (Å²) in [5, 5.41) is 18.4. The molecule has 0 aromatic carbocycles. The van der Waals surface area contributed by atoms with Gasteiger partial charge in [-0.05, 0) is 20.8 Å². The van der Waals surface area contributed by atoms with Gasteiger partial charge >= 0.3 is 0 Å². The van der Waals surface area contributed by atoms with Gasteiger partial charge in [0, 0.05) is 39.8 Å². The van der Waals surface area contributed by atoms with E-state index in [4.69, 9.17) is 16.3 Å². The normalized spacial score (nSPS) is 14.6. The SMILES string of the molecule is CCn1nc(C)c(Cl)c1CNCC(C)(O)CCOC. The molecule has 19 heavy (non-hydrogen) atoms. The highest BCUT2D eigenvalue weighted by molar-refractivity contribution is 6.31. The van der Waals surface area contributed by atoms with E-state index in [1.54, 1.807) is 14.0 Å². The largest absolute Gasteiger partial charge is 0.389 e. The lowest BCUT2D eigenvalue weighted by Gasteiger charge is -2.23. The van der Waals surface area contributed by atoms with Gasteiger partial charge in [-0.25, -0.2) is 0 Å². The summed E-state index contributed by atoms with van der Waals surface area (Å²) in [4.78, 5) is 0. The molecule has 1 atom stereocenters. The number of methoxy groups -OCH3 is 1. The van der Waals surface area contributed by atoms with Gasteiger partial charge in [0.25, 0.3) is 0 Å². The van der Waals surface area contributed by atoms with Gasteiger partial charge in [0.1, 0.15) is 0 Å². The minimum Gasteiger partial charge on any atom is -0.389 e. The molecule has 0 amide bonds. The first-order valence-electron chi connectivity index (χ1n) is 6.55. The van der Waals surface area contributed by atoms with Gasteiger partial charge in [-0.2, -0.15) is 5.10 Å². The Morgan fingerprint density at radius 3 is 2.79 bits per heavy atom. The minimum absolute atomic E-state index is 0.487. The van der Waals surface area contributed by atoms with Gasteiger partial charge in [0.05, 0.1) is 22.0 Å². The maximum Gasteiger partial charge on any atom is 0.0860 e. The van der Waals surface area contributed by atoms with Crippen molar-refractivity contribution in [3.05, 3.63) is 16.4 Å². The Morgan fingerprint density at radius 1 is 1.53 bits per heavy atom. The Morgan fingerprint density at radius 2 is 2.21 bits per heavy atom. The number of aliphatic hydroxyl groups is 1. The molecule has 5 nitrogen and oxygen atoms in total. The van der Waals surface area contributed by atoms with Crippen LogP contribution in [0.25, 0.3) is 0 Å². The van der Waals surface area contributed by atoms with Crippen molar-refractivity contribution in [3.63, 3.8) is 0 Å². The Hall–Kier alpha value is -0.620. The van der Waals surface area contributed by atoms with E-state index >= 15 is 0 Å². The molecule has 1 aromatic rings. The van der Waals surface area contributed by atoms with Crippen LogP contribution in [0.2, 0.25) is 5.02 Å². The van der Waals surface area contributed by atoms with Gasteiger partial charge in [-0.3, -0.25) is 4.68 Å². The van der Waals surface area contributed by atoms with Crippen LogP contribution in [-0.2, 0) is 17.8 Å². The van der Waals surface area contributed by atoms with Gasteiger partial charge in [0.15, 0.2) is 0 Å². The number of aromatic nitrogens is 2. The van der Waals surface area contributed by atoms with Crippen molar-refractivity contribution >= 4 is 11.6 Å². The summed E-state index contributed by atoms with van der Waals surface area (Å²) >= 11 is 6.22. The molecule has 0 saturated heterocycles. The molecule has 6 heteroatoms. The molecule has 1 unspecified atom stereocenters. The molecule has 0 radical (unpaired) electrons. The van der Waals surface area contributed by atoms with Crippen LogP contribution in [0.1, 0.15) is 31.7 Å². The van der Waals surface area contributed by atoms with E-state index in [1.165, 1.54) is 0 Å². The first-order chi connectivity index (χ1) is 8.91. The first kappa shape index (κ1) is 16.4. The van der Waals surface area contributed by atoms with E-state index in [2.05, 4.69) is 10.4 Å². The van der Waals surface area contributed by atoms with E-state index in [1.807, 2.05) is 18.5 Å². The second kappa shape index (κ2) is 7.24. The third-order valence-electron chi connectivity index (χ3n) is 3.10. The van der Waals surface area contributed by atoms with Crippen molar-refractivity contribution in [3.8, 4) is 0 Å². The molecule has 0 bridgehead atoms. The van der Waals surface area contributed by atoms with E-state index in [9.17, 15) is 5.11 Å². The minimum atomic E-state index is -0.783. The van der Waals surface area contributed by atoms with Crippen LogP contribution in [0, 0.1) is 6.92 Å². The second-order valence-electron chi connectivity index (χ2n) is 5.01. The monoisotopic (exact) mass is 289 g/mol. The molecular weight excluding hydrogens is 266 g/mol. The molecule has 0 spiro atoms. The number of nitrogens with one attached hydrogen (secondary N) is 1. The van der Waals surface area contributed by atoms with Crippen LogP contribution in [0.3, 0.4) is 0 Å². The number of aryl methyl sites for hydroxylation is 2. The zero-order chi connectivity index (χ0) is 14.5. The molecule has 1 heterocycles. The number of hydrogen-bond donors (Lipinski definition) is 2. The molecule has 0 saturated carbocycles. The molecule has 0 aliphatic rings. The maximum absolute atomic E-state index is 10.1. The lowest BCUT2D eigenvalue weighted by atomic mass is 10.0. The van der Waals surface area contributed by atoms with Crippen LogP contribution < -0.4 is 5.32 Å². The fourth-order valence-electron chi connectivity index (χ4n) is 1.90. The molecule has 0 aliphatic carbocycles. The lowest BCUT2D eigenvalue weighted by molar-refractivity contribution is 0.0246. The van der Waals surface area contributed by atoms with Crippen molar-refractivity contribution in [1.29, 1.82) is 0 Å². The first-order valence-corrected chi connectivity index (χ1v) is 6.93. The predicted molar refractivity (Wildman–Crippen MR) is 76.5 cm³/mol. The van der Waals surface area contributed by atoms with Gasteiger partial charge in [0.2, 0.25) is 0 Å². The Kier molecular flexibility index (Phi) is 6.26. The third kappa shape index (κ3) is 4.76. The number of ether oxygens (including phenoxy) is 1. The lowest BCUT2D eigenvalue weighted by Crippen LogP contribution is -2.38. The topological polar surface area (TPSA) is 59.3 Å². The predicted octanol–water partition coefficient (Wildman–Crippen LogP) is 1.74. The van der Waals surface area contributed by atoms with Crippen LogP contribution >= 0.6 is 11.6 Å². The molecule has 110 valence electrons. The van der Waals surface area contributed by atoms with E-state index < -0.39 is 5.60 Å². The van der Waals surface area contributed by atoms with Crippen LogP contribution in [0.15, 0.2) is 0 Å². The molecule has 0 aliphatic heterocycles. The van der Waals surface area contributed by atoms with Gasteiger partial charge in [-0.15, -0.1) is 0 Å².